The van der Waals surface area contributed by atoms with E-state index in [1.807, 2.05) is 10.6 Å². The zero-order valence-corrected chi connectivity index (χ0v) is 17.8. The van der Waals surface area contributed by atoms with Crippen LogP contribution in [0.3, 0.4) is 0 Å². The number of nitrogens with one attached hydrogen (secondary N) is 1. The van der Waals surface area contributed by atoms with E-state index in [-0.39, 0.29) is 16.7 Å². The van der Waals surface area contributed by atoms with Crippen molar-refractivity contribution in [3.8, 4) is 11.6 Å². The highest BCUT2D eigenvalue weighted by atomic mass is 35.5. The summed E-state index contributed by atoms with van der Waals surface area (Å²) in [5.74, 6) is 1.65. The second-order valence-corrected chi connectivity index (χ2v) is 8.67. The number of amides is 1. The monoisotopic (exact) mass is 439 g/mol. The van der Waals surface area contributed by atoms with Gasteiger partial charge in [-0.1, -0.05) is 48.8 Å². The summed E-state index contributed by atoms with van der Waals surface area (Å²) in [6, 6.07) is 5.16. The zero-order chi connectivity index (χ0) is 20.3. The summed E-state index contributed by atoms with van der Waals surface area (Å²) in [5.41, 5.74) is 0. The summed E-state index contributed by atoms with van der Waals surface area (Å²) in [4.78, 5) is 16.6. The van der Waals surface area contributed by atoms with Crippen LogP contribution in [0.4, 0.5) is 5.82 Å². The molecule has 10 heteroatoms. The van der Waals surface area contributed by atoms with E-state index in [4.69, 9.17) is 27.6 Å². The van der Waals surface area contributed by atoms with Crippen LogP contribution in [0.25, 0.3) is 11.6 Å². The van der Waals surface area contributed by atoms with Gasteiger partial charge >= 0.3 is 0 Å². The molecule has 0 aromatic carbocycles. The number of rotatable bonds is 7. The maximum Gasteiger partial charge on any atom is 0.238 e. The molecule has 3 rings (SSSR count). The van der Waals surface area contributed by atoms with Gasteiger partial charge in [0.25, 0.3) is 0 Å². The smallest absolute Gasteiger partial charge is 0.238 e. The van der Waals surface area contributed by atoms with E-state index in [0.717, 1.165) is 0 Å². The number of furan rings is 1. The minimum Gasteiger partial charge on any atom is -0.461 e. The summed E-state index contributed by atoms with van der Waals surface area (Å²) in [7, 11) is 0. The van der Waals surface area contributed by atoms with Gasteiger partial charge in [-0.05, 0) is 31.0 Å². The average Bonchev–Trinajstić information content (AvgIpc) is 3.27. The molecule has 0 radical (unpaired) electrons. The summed E-state index contributed by atoms with van der Waals surface area (Å²) in [6.45, 7) is 6.68. The van der Waals surface area contributed by atoms with Gasteiger partial charge in [0.1, 0.15) is 0 Å². The quantitative estimate of drug-likeness (QED) is 0.520. The van der Waals surface area contributed by atoms with E-state index in [9.17, 15) is 4.79 Å². The number of carbonyl (C=O) groups is 1. The Morgan fingerprint density at radius 1 is 1.32 bits per heavy atom. The highest BCUT2D eigenvalue weighted by Crippen LogP contribution is 2.29. The molecule has 0 aliphatic heterocycles. The fraction of sp³-hybridized carbons (Fsp3) is 0.333. The van der Waals surface area contributed by atoms with Gasteiger partial charge in [-0.2, -0.15) is 0 Å². The Balaban J connectivity index is 1.77. The first-order valence-electron chi connectivity index (χ1n) is 8.60. The van der Waals surface area contributed by atoms with Gasteiger partial charge in [-0.3, -0.25) is 9.36 Å². The van der Waals surface area contributed by atoms with Crippen LogP contribution in [0.2, 0.25) is 10.0 Å². The van der Waals surface area contributed by atoms with Crippen LogP contribution in [0.5, 0.6) is 0 Å². The molecular weight excluding hydrogens is 421 g/mol. The van der Waals surface area contributed by atoms with Crippen molar-refractivity contribution in [3.63, 3.8) is 0 Å². The number of pyridine rings is 1. The van der Waals surface area contributed by atoms with Crippen LogP contribution >= 0.6 is 35.0 Å². The number of carbonyl (C=O) groups excluding carboxylic acids is 1. The third kappa shape index (κ3) is 4.87. The Morgan fingerprint density at radius 2 is 2.11 bits per heavy atom. The van der Waals surface area contributed by atoms with Crippen LogP contribution in [-0.2, 0) is 11.3 Å². The number of aromatic nitrogens is 4. The molecule has 3 aromatic rings. The maximum atomic E-state index is 12.6. The molecule has 0 fully saturated rings. The summed E-state index contributed by atoms with van der Waals surface area (Å²) in [6.07, 6.45) is 3.02. The third-order valence-corrected chi connectivity index (χ3v) is 5.28. The molecule has 0 spiro atoms. The summed E-state index contributed by atoms with van der Waals surface area (Å²) < 4.78 is 7.43. The van der Waals surface area contributed by atoms with Crippen molar-refractivity contribution in [3.05, 3.63) is 40.7 Å². The zero-order valence-electron chi connectivity index (χ0n) is 15.5. The van der Waals surface area contributed by atoms with Gasteiger partial charge in [-0.25, -0.2) is 4.98 Å². The molecule has 0 saturated heterocycles. The standard InChI is InChI=1S/C18H19Cl2N5O2S/c1-10(2)9-25-16(14-5-4-6-27-14)23-24-18(25)28-11(3)17(26)22-15-13(20)7-12(19)8-21-15/h4-8,10-11H,9H2,1-3H3,(H,21,22,26)/t11-/m0/s1. The van der Waals surface area contributed by atoms with E-state index < -0.39 is 5.25 Å². The van der Waals surface area contributed by atoms with Crippen molar-refractivity contribution < 1.29 is 9.21 Å². The van der Waals surface area contributed by atoms with Crippen molar-refractivity contribution in [2.24, 2.45) is 5.92 Å². The first-order valence-corrected chi connectivity index (χ1v) is 10.2. The molecule has 0 saturated carbocycles. The van der Waals surface area contributed by atoms with Crippen molar-refractivity contribution in [2.45, 2.75) is 37.7 Å². The van der Waals surface area contributed by atoms with Gasteiger partial charge in [0.2, 0.25) is 5.91 Å². The fourth-order valence-electron chi connectivity index (χ4n) is 2.43. The number of hydrogen-bond donors (Lipinski definition) is 1. The van der Waals surface area contributed by atoms with Crippen LogP contribution in [0, 0.1) is 5.92 Å². The Kier molecular flexibility index (Phi) is 6.64. The van der Waals surface area contributed by atoms with E-state index in [0.29, 0.717) is 34.2 Å². The predicted molar refractivity (Wildman–Crippen MR) is 111 cm³/mol. The normalized spacial score (nSPS) is 12.4. The van der Waals surface area contributed by atoms with Crippen LogP contribution in [0.15, 0.2) is 40.2 Å². The summed E-state index contributed by atoms with van der Waals surface area (Å²) >= 11 is 13.2. The lowest BCUT2D eigenvalue weighted by Crippen LogP contribution is -2.24. The Morgan fingerprint density at radius 3 is 2.75 bits per heavy atom. The highest BCUT2D eigenvalue weighted by molar-refractivity contribution is 8.00. The van der Waals surface area contributed by atoms with Gasteiger partial charge in [-0.15, -0.1) is 10.2 Å². The molecule has 1 N–H and O–H groups in total. The number of nitrogens with zero attached hydrogens (tertiary/aromatic N) is 4. The summed E-state index contributed by atoms with van der Waals surface area (Å²) in [5, 5.41) is 12.1. The van der Waals surface area contributed by atoms with Gasteiger partial charge in [0, 0.05) is 12.7 Å². The second kappa shape index (κ2) is 8.98. The third-order valence-electron chi connectivity index (χ3n) is 3.71. The fourth-order valence-corrected chi connectivity index (χ4v) is 3.72. The molecule has 28 heavy (non-hydrogen) atoms. The predicted octanol–water partition coefficient (Wildman–Crippen LogP) is 5.02. The molecule has 0 aliphatic carbocycles. The number of anilines is 1. The largest absolute Gasteiger partial charge is 0.461 e. The first kappa shape index (κ1) is 20.7. The molecule has 148 valence electrons. The van der Waals surface area contributed by atoms with Gasteiger partial charge in [0.05, 0.1) is 21.6 Å². The lowest BCUT2D eigenvalue weighted by Gasteiger charge is -2.14. The van der Waals surface area contributed by atoms with E-state index in [1.54, 1.807) is 19.3 Å². The molecule has 1 atom stereocenters. The number of thioether (sulfide) groups is 1. The topological polar surface area (TPSA) is 85.8 Å². The molecule has 3 heterocycles. The number of halogens is 2. The van der Waals surface area contributed by atoms with E-state index in [2.05, 4.69) is 34.3 Å². The maximum absolute atomic E-state index is 12.6. The van der Waals surface area contributed by atoms with Gasteiger partial charge in [0.15, 0.2) is 22.6 Å². The number of hydrogen-bond acceptors (Lipinski definition) is 6. The van der Waals surface area contributed by atoms with E-state index in [1.165, 1.54) is 24.0 Å². The molecular formula is C18H19Cl2N5O2S. The molecule has 0 aliphatic rings. The minimum absolute atomic E-state index is 0.250. The average molecular weight is 440 g/mol. The van der Waals surface area contributed by atoms with Crippen LogP contribution < -0.4 is 5.32 Å². The molecule has 0 unspecified atom stereocenters. The van der Waals surface area contributed by atoms with Crippen LogP contribution in [0.1, 0.15) is 20.8 Å². The Hall–Kier alpha value is -2.03. The first-order chi connectivity index (χ1) is 13.3. The van der Waals surface area contributed by atoms with Crippen molar-refractivity contribution in [2.75, 3.05) is 5.32 Å². The minimum atomic E-state index is -0.451. The second-order valence-electron chi connectivity index (χ2n) is 6.52. The van der Waals surface area contributed by atoms with Crippen molar-refractivity contribution >= 4 is 46.7 Å². The Bertz CT molecular complexity index is 959. The van der Waals surface area contributed by atoms with Crippen LogP contribution in [-0.4, -0.2) is 30.9 Å². The molecule has 1 amide bonds. The highest BCUT2D eigenvalue weighted by Gasteiger charge is 2.23. The van der Waals surface area contributed by atoms with Crippen molar-refractivity contribution in [1.29, 1.82) is 0 Å². The Labute approximate surface area is 176 Å². The molecule has 3 aromatic heterocycles. The SMILES string of the molecule is CC(C)Cn1c(S[C@@H](C)C(=O)Nc2ncc(Cl)cc2Cl)nnc1-c1ccco1. The van der Waals surface area contributed by atoms with Gasteiger partial charge < -0.3 is 9.73 Å². The lowest BCUT2D eigenvalue weighted by atomic mass is 10.2. The molecule has 0 bridgehead atoms. The van der Waals surface area contributed by atoms with Crippen molar-refractivity contribution in [1.82, 2.24) is 19.7 Å². The van der Waals surface area contributed by atoms with E-state index >= 15 is 0 Å². The molecule has 7 nitrogen and oxygen atoms in total. The lowest BCUT2D eigenvalue weighted by molar-refractivity contribution is -0.115.